The molecule has 2 rings (SSSR count). The van der Waals surface area contributed by atoms with Gasteiger partial charge < -0.3 is 20.9 Å². The van der Waals surface area contributed by atoms with Crippen LogP contribution in [0.3, 0.4) is 0 Å². The molecule has 0 radical (unpaired) electrons. The van der Waals surface area contributed by atoms with Crippen LogP contribution in [-0.2, 0) is 0 Å². The molecule has 1 aromatic heterocycles. The molecular formula is C15H17N5O2. The summed E-state index contributed by atoms with van der Waals surface area (Å²) < 4.78 is 11.0. The minimum atomic E-state index is 0.0871. The van der Waals surface area contributed by atoms with Crippen LogP contribution in [-0.4, -0.2) is 17.1 Å². The number of hydrogen-bond donors (Lipinski definition) is 2. The minimum Gasteiger partial charge on any atom is -0.495 e. The third-order valence-electron chi connectivity index (χ3n) is 3.06. The van der Waals surface area contributed by atoms with Gasteiger partial charge in [-0.3, -0.25) is 0 Å². The van der Waals surface area contributed by atoms with Crippen LogP contribution in [0.5, 0.6) is 17.4 Å². The van der Waals surface area contributed by atoms with E-state index < -0.39 is 0 Å². The Morgan fingerprint density at radius 3 is 2.50 bits per heavy atom. The van der Waals surface area contributed by atoms with Crippen molar-refractivity contribution in [2.75, 3.05) is 18.6 Å². The first-order chi connectivity index (χ1) is 10.5. The summed E-state index contributed by atoms with van der Waals surface area (Å²) in [7, 11) is 1.52. The molecule has 0 aliphatic carbocycles. The van der Waals surface area contributed by atoms with Crippen molar-refractivity contribution in [3.05, 3.63) is 29.5 Å². The van der Waals surface area contributed by atoms with Gasteiger partial charge in [0, 0.05) is 11.6 Å². The van der Waals surface area contributed by atoms with Gasteiger partial charge in [-0.2, -0.15) is 5.26 Å². The summed E-state index contributed by atoms with van der Waals surface area (Å²) in [4.78, 5) is 7.92. The van der Waals surface area contributed by atoms with Gasteiger partial charge in [-0.1, -0.05) is 13.8 Å². The number of nitrogen functional groups attached to an aromatic ring is 2. The maximum atomic E-state index is 9.21. The molecule has 0 bridgehead atoms. The van der Waals surface area contributed by atoms with E-state index in [1.165, 1.54) is 13.3 Å². The second-order valence-electron chi connectivity index (χ2n) is 4.94. The van der Waals surface area contributed by atoms with Crippen LogP contribution in [0.4, 0.5) is 11.6 Å². The summed E-state index contributed by atoms with van der Waals surface area (Å²) in [6.45, 7) is 4.01. The fraction of sp³-hybridized carbons (Fsp3) is 0.267. The fourth-order valence-electron chi connectivity index (χ4n) is 1.96. The molecule has 0 saturated carbocycles. The number of methoxy groups -OCH3 is 1. The number of nitrogens with two attached hydrogens (primary N) is 2. The van der Waals surface area contributed by atoms with Crippen molar-refractivity contribution in [2.45, 2.75) is 19.8 Å². The highest BCUT2D eigenvalue weighted by molar-refractivity contribution is 5.55. The first-order valence-electron chi connectivity index (χ1n) is 6.64. The van der Waals surface area contributed by atoms with Crippen LogP contribution < -0.4 is 20.9 Å². The highest BCUT2D eigenvalue weighted by Gasteiger charge is 2.16. The maximum absolute atomic E-state index is 9.21. The molecule has 0 saturated heterocycles. The number of rotatable bonds is 4. The predicted octanol–water partition coefficient (Wildman–Crippen LogP) is 2.44. The Morgan fingerprint density at radius 1 is 1.23 bits per heavy atom. The SMILES string of the molecule is COc1cc(C(C)C)c(Oc2ncc(N)nc2N)cc1C#N. The van der Waals surface area contributed by atoms with E-state index in [9.17, 15) is 5.26 Å². The van der Waals surface area contributed by atoms with Gasteiger partial charge in [0.15, 0.2) is 5.82 Å². The molecule has 7 nitrogen and oxygen atoms in total. The third-order valence-corrected chi connectivity index (χ3v) is 3.06. The van der Waals surface area contributed by atoms with Gasteiger partial charge in [0.05, 0.1) is 18.9 Å². The van der Waals surface area contributed by atoms with E-state index in [0.29, 0.717) is 17.1 Å². The molecular weight excluding hydrogens is 282 g/mol. The van der Waals surface area contributed by atoms with Gasteiger partial charge in [0.2, 0.25) is 0 Å². The first kappa shape index (κ1) is 15.4. The van der Waals surface area contributed by atoms with Crippen LogP contribution in [0.2, 0.25) is 0 Å². The molecule has 0 fully saturated rings. The monoisotopic (exact) mass is 299 g/mol. The number of aromatic nitrogens is 2. The van der Waals surface area contributed by atoms with Gasteiger partial charge in [-0.15, -0.1) is 0 Å². The molecule has 7 heteroatoms. The predicted molar refractivity (Wildman–Crippen MR) is 82.7 cm³/mol. The lowest BCUT2D eigenvalue weighted by atomic mass is 9.99. The number of nitrogens with zero attached hydrogens (tertiary/aromatic N) is 3. The Balaban J connectivity index is 2.51. The molecule has 0 aliphatic rings. The summed E-state index contributed by atoms with van der Waals surface area (Å²) in [6.07, 6.45) is 1.36. The zero-order chi connectivity index (χ0) is 16.3. The van der Waals surface area contributed by atoms with E-state index in [4.69, 9.17) is 20.9 Å². The zero-order valence-corrected chi connectivity index (χ0v) is 12.6. The molecule has 4 N–H and O–H groups in total. The molecule has 114 valence electrons. The number of nitriles is 1. The average Bonchev–Trinajstić information content (AvgIpc) is 2.49. The lowest BCUT2D eigenvalue weighted by Gasteiger charge is -2.16. The van der Waals surface area contributed by atoms with Crippen LogP contribution in [0.25, 0.3) is 0 Å². The minimum absolute atomic E-state index is 0.0871. The van der Waals surface area contributed by atoms with Gasteiger partial charge in [-0.25, -0.2) is 9.97 Å². The molecule has 0 atom stereocenters. The topological polar surface area (TPSA) is 120 Å². The van der Waals surface area contributed by atoms with E-state index in [2.05, 4.69) is 16.0 Å². The van der Waals surface area contributed by atoms with Crippen molar-refractivity contribution in [1.82, 2.24) is 9.97 Å². The van der Waals surface area contributed by atoms with E-state index in [1.807, 2.05) is 13.8 Å². The number of anilines is 2. The molecule has 0 amide bonds. The standard InChI is InChI=1S/C15H17N5O2/c1-8(2)10-5-11(21-3)9(6-16)4-12(10)22-15-14(18)20-13(17)7-19-15/h4-5,7-8H,1-3H3,(H4,17,18,20). The molecule has 0 spiro atoms. The average molecular weight is 299 g/mol. The van der Waals surface area contributed by atoms with E-state index in [0.717, 1.165) is 5.56 Å². The highest BCUT2D eigenvalue weighted by atomic mass is 16.5. The maximum Gasteiger partial charge on any atom is 0.262 e. The van der Waals surface area contributed by atoms with Crippen LogP contribution >= 0.6 is 0 Å². The van der Waals surface area contributed by atoms with Crippen LogP contribution in [0.1, 0.15) is 30.9 Å². The Bertz CT molecular complexity index is 737. The molecule has 0 unspecified atom stereocenters. The zero-order valence-electron chi connectivity index (χ0n) is 12.6. The fourth-order valence-corrected chi connectivity index (χ4v) is 1.96. The Hall–Kier alpha value is -3.01. The van der Waals surface area contributed by atoms with Crippen LogP contribution in [0, 0.1) is 11.3 Å². The number of hydrogen-bond acceptors (Lipinski definition) is 7. The molecule has 0 aliphatic heterocycles. The summed E-state index contributed by atoms with van der Waals surface area (Å²) in [5.41, 5.74) is 12.5. The lowest BCUT2D eigenvalue weighted by Crippen LogP contribution is -2.03. The van der Waals surface area contributed by atoms with E-state index in [1.54, 1.807) is 12.1 Å². The Labute approximate surface area is 128 Å². The number of ether oxygens (including phenoxy) is 2. The molecule has 1 aromatic carbocycles. The summed E-state index contributed by atoms with van der Waals surface area (Å²) in [6, 6.07) is 5.45. The summed E-state index contributed by atoms with van der Waals surface area (Å²) in [5.74, 6) is 1.57. The Kier molecular flexibility index (Phi) is 4.32. The van der Waals surface area contributed by atoms with Crippen LogP contribution in [0.15, 0.2) is 18.3 Å². The quantitative estimate of drug-likeness (QED) is 0.889. The second kappa shape index (κ2) is 6.18. The van der Waals surface area contributed by atoms with Crippen molar-refractivity contribution < 1.29 is 9.47 Å². The first-order valence-corrected chi connectivity index (χ1v) is 6.64. The van der Waals surface area contributed by atoms with Crippen molar-refractivity contribution in [3.63, 3.8) is 0 Å². The summed E-state index contributed by atoms with van der Waals surface area (Å²) >= 11 is 0. The van der Waals surface area contributed by atoms with Gasteiger partial charge in [-0.05, 0) is 12.0 Å². The molecule has 1 heterocycles. The third kappa shape index (κ3) is 3.01. The Morgan fingerprint density at radius 2 is 1.95 bits per heavy atom. The van der Waals surface area contributed by atoms with Gasteiger partial charge >= 0.3 is 0 Å². The largest absolute Gasteiger partial charge is 0.495 e. The highest BCUT2D eigenvalue weighted by Crippen LogP contribution is 2.36. The smallest absolute Gasteiger partial charge is 0.262 e. The van der Waals surface area contributed by atoms with Crippen molar-refractivity contribution in [3.8, 4) is 23.4 Å². The second-order valence-corrected chi connectivity index (χ2v) is 4.94. The van der Waals surface area contributed by atoms with Crippen molar-refractivity contribution in [1.29, 1.82) is 5.26 Å². The van der Waals surface area contributed by atoms with Crippen molar-refractivity contribution >= 4 is 11.6 Å². The number of benzene rings is 1. The normalized spacial score (nSPS) is 10.3. The van der Waals surface area contributed by atoms with E-state index in [-0.39, 0.29) is 23.4 Å². The van der Waals surface area contributed by atoms with Gasteiger partial charge in [0.1, 0.15) is 23.4 Å². The van der Waals surface area contributed by atoms with E-state index >= 15 is 0 Å². The molecule has 22 heavy (non-hydrogen) atoms. The molecule has 2 aromatic rings. The lowest BCUT2D eigenvalue weighted by molar-refractivity contribution is 0.408. The van der Waals surface area contributed by atoms with Gasteiger partial charge in [0.25, 0.3) is 5.88 Å². The summed E-state index contributed by atoms with van der Waals surface area (Å²) in [5, 5.41) is 9.21. The van der Waals surface area contributed by atoms with Crippen molar-refractivity contribution in [2.24, 2.45) is 0 Å².